The number of carbonyl (C=O) groups is 3. The van der Waals surface area contributed by atoms with Crippen molar-refractivity contribution in [1.29, 1.82) is 0 Å². The number of hydrogen-bond donors (Lipinski definition) is 2. The van der Waals surface area contributed by atoms with Crippen LogP contribution in [-0.2, 0) is 9.53 Å². The minimum absolute atomic E-state index is 0.0545. The van der Waals surface area contributed by atoms with Crippen LogP contribution in [0.25, 0.3) is 11.1 Å². The number of methoxy groups -OCH3 is 1. The van der Waals surface area contributed by atoms with Crippen molar-refractivity contribution < 1.29 is 23.9 Å². The number of esters is 1. The number of aromatic nitrogens is 1. The quantitative estimate of drug-likeness (QED) is 0.442. The summed E-state index contributed by atoms with van der Waals surface area (Å²) in [5.41, 5.74) is 1.70. The van der Waals surface area contributed by atoms with Crippen LogP contribution in [0.4, 0.5) is 0 Å². The van der Waals surface area contributed by atoms with Crippen LogP contribution in [-0.4, -0.2) is 42.4 Å². The van der Waals surface area contributed by atoms with Gasteiger partial charge in [-0.1, -0.05) is 12.1 Å². The lowest BCUT2D eigenvalue weighted by molar-refractivity contribution is -0.117. The third-order valence-electron chi connectivity index (χ3n) is 3.90. The summed E-state index contributed by atoms with van der Waals surface area (Å²) in [6.45, 7) is 7.09. The molecule has 0 bridgehead atoms. The molecule has 27 heavy (non-hydrogen) atoms. The van der Waals surface area contributed by atoms with Crippen molar-refractivity contribution in [3.63, 3.8) is 0 Å². The van der Waals surface area contributed by atoms with Crippen LogP contribution in [0, 0.1) is 6.92 Å². The Kier molecular flexibility index (Phi) is 6.39. The molecule has 1 heterocycles. The first-order chi connectivity index (χ1) is 12.8. The molecule has 0 aliphatic carbocycles. The number of aryl methyl sites for hydroxylation is 1. The van der Waals surface area contributed by atoms with E-state index in [4.69, 9.17) is 9.47 Å². The fourth-order valence-electron chi connectivity index (χ4n) is 2.74. The van der Waals surface area contributed by atoms with Crippen LogP contribution >= 0.6 is 0 Å². The Balaban J connectivity index is 2.62. The van der Waals surface area contributed by atoms with Crippen molar-refractivity contribution in [2.75, 3.05) is 13.7 Å². The second-order valence-electron chi connectivity index (χ2n) is 6.28. The summed E-state index contributed by atoms with van der Waals surface area (Å²) in [5, 5.41) is 2.58. The maximum atomic E-state index is 12.7. The Morgan fingerprint density at radius 2 is 1.78 bits per heavy atom. The maximum Gasteiger partial charge on any atom is 0.340 e. The topological polar surface area (TPSA) is 97.5 Å². The number of Topliss-reactive ketones (excluding diaryl/α,β-unsaturated/α-hetero) is 1. The van der Waals surface area contributed by atoms with E-state index in [1.807, 2.05) is 0 Å². The molecule has 7 heteroatoms. The second kappa shape index (κ2) is 8.53. The van der Waals surface area contributed by atoms with E-state index in [0.29, 0.717) is 22.6 Å². The zero-order valence-corrected chi connectivity index (χ0v) is 16.1. The number of hydrogen-bond acceptors (Lipinski definition) is 5. The molecule has 0 radical (unpaired) electrons. The molecule has 7 nitrogen and oxygen atoms in total. The number of nitrogens with one attached hydrogen (secondary N) is 2. The van der Waals surface area contributed by atoms with Crippen LogP contribution in [0.1, 0.15) is 47.3 Å². The Morgan fingerprint density at radius 1 is 1.15 bits per heavy atom. The zero-order chi connectivity index (χ0) is 20.1. The van der Waals surface area contributed by atoms with Gasteiger partial charge in [0, 0.05) is 17.3 Å². The Morgan fingerprint density at radius 3 is 2.30 bits per heavy atom. The van der Waals surface area contributed by atoms with E-state index in [0.717, 1.165) is 0 Å². The molecule has 0 aliphatic heterocycles. The van der Waals surface area contributed by atoms with Gasteiger partial charge in [0.15, 0.2) is 0 Å². The van der Waals surface area contributed by atoms with Gasteiger partial charge >= 0.3 is 5.97 Å². The Labute approximate surface area is 158 Å². The SMILES string of the molecule is CCOC(=O)c1c(C)[nH]c(C(=O)C(=O)NC(C)C)c1-c1ccc(OC)cc1. The first-order valence-electron chi connectivity index (χ1n) is 8.69. The van der Waals surface area contributed by atoms with Crippen LogP contribution in [0.5, 0.6) is 5.75 Å². The highest BCUT2D eigenvalue weighted by molar-refractivity contribution is 6.44. The predicted octanol–water partition coefficient (Wildman–Crippen LogP) is 2.88. The van der Waals surface area contributed by atoms with Crippen molar-refractivity contribution in [1.82, 2.24) is 10.3 Å². The molecule has 0 atom stereocenters. The lowest BCUT2D eigenvalue weighted by Gasteiger charge is -2.10. The fourth-order valence-corrected chi connectivity index (χ4v) is 2.74. The van der Waals surface area contributed by atoms with E-state index in [1.165, 1.54) is 0 Å². The van der Waals surface area contributed by atoms with Crippen LogP contribution in [0.2, 0.25) is 0 Å². The lowest BCUT2D eigenvalue weighted by atomic mass is 9.98. The normalized spacial score (nSPS) is 10.6. The van der Waals surface area contributed by atoms with Gasteiger partial charge in [-0.25, -0.2) is 4.79 Å². The van der Waals surface area contributed by atoms with Gasteiger partial charge in [0.25, 0.3) is 11.7 Å². The molecular formula is C20H24N2O5. The summed E-state index contributed by atoms with van der Waals surface area (Å²) in [4.78, 5) is 40.3. The minimum atomic E-state index is -0.742. The van der Waals surface area contributed by atoms with E-state index in [9.17, 15) is 14.4 Å². The average molecular weight is 372 g/mol. The number of rotatable bonds is 7. The monoisotopic (exact) mass is 372 g/mol. The summed E-state index contributed by atoms with van der Waals surface area (Å²) >= 11 is 0. The minimum Gasteiger partial charge on any atom is -0.497 e. The van der Waals surface area contributed by atoms with Crippen molar-refractivity contribution in [3.05, 3.63) is 41.2 Å². The standard InChI is InChI=1S/C20H24N2O5/c1-6-27-20(25)15-12(4)22-17(18(23)19(24)21-11(2)3)16(15)13-7-9-14(26-5)10-8-13/h7-11,22H,6H2,1-5H3,(H,21,24). The second-order valence-corrected chi connectivity index (χ2v) is 6.28. The highest BCUT2D eigenvalue weighted by Crippen LogP contribution is 2.32. The summed E-state index contributed by atoms with van der Waals surface area (Å²) in [5.74, 6) is -1.40. The molecule has 144 valence electrons. The third kappa shape index (κ3) is 4.36. The van der Waals surface area contributed by atoms with Gasteiger partial charge in [0.2, 0.25) is 0 Å². The molecule has 2 aromatic rings. The van der Waals surface area contributed by atoms with E-state index in [1.54, 1.807) is 59.1 Å². The molecule has 0 aliphatic rings. The van der Waals surface area contributed by atoms with E-state index >= 15 is 0 Å². The molecular weight excluding hydrogens is 348 g/mol. The number of amides is 1. The van der Waals surface area contributed by atoms with Crippen LogP contribution in [0.15, 0.2) is 24.3 Å². The summed E-state index contributed by atoms with van der Waals surface area (Å²) in [6, 6.07) is 6.69. The van der Waals surface area contributed by atoms with Gasteiger partial charge in [-0.2, -0.15) is 0 Å². The predicted molar refractivity (Wildman–Crippen MR) is 101 cm³/mol. The highest BCUT2D eigenvalue weighted by Gasteiger charge is 2.29. The molecule has 2 N–H and O–H groups in total. The van der Waals surface area contributed by atoms with Crippen molar-refractivity contribution in [2.24, 2.45) is 0 Å². The number of ether oxygens (including phenoxy) is 2. The largest absolute Gasteiger partial charge is 0.497 e. The van der Waals surface area contributed by atoms with E-state index in [2.05, 4.69) is 10.3 Å². The summed E-state index contributed by atoms with van der Waals surface area (Å²) < 4.78 is 10.3. The molecule has 0 fully saturated rings. The van der Waals surface area contributed by atoms with Gasteiger partial charge in [-0.15, -0.1) is 0 Å². The van der Waals surface area contributed by atoms with Crippen molar-refractivity contribution >= 4 is 17.7 Å². The smallest absolute Gasteiger partial charge is 0.340 e. The molecule has 2 rings (SSSR count). The van der Waals surface area contributed by atoms with E-state index in [-0.39, 0.29) is 23.9 Å². The van der Waals surface area contributed by atoms with Gasteiger partial charge in [0.1, 0.15) is 11.4 Å². The molecule has 0 saturated heterocycles. The van der Waals surface area contributed by atoms with Gasteiger partial charge in [0.05, 0.1) is 19.3 Å². The van der Waals surface area contributed by atoms with Gasteiger partial charge in [-0.3, -0.25) is 9.59 Å². The van der Waals surface area contributed by atoms with Crippen molar-refractivity contribution in [3.8, 4) is 16.9 Å². The lowest BCUT2D eigenvalue weighted by Crippen LogP contribution is -2.36. The van der Waals surface area contributed by atoms with Gasteiger partial charge < -0.3 is 19.8 Å². The van der Waals surface area contributed by atoms with E-state index < -0.39 is 17.7 Å². The maximum absolute atomic E-state index is 12.7. The first kappa shape index (κ1) is 20.2. The molecule has 0 spiro atoms. The average Bonchev–Trinajstić information content (AvgIpc) is 2.98. The molecule has 0 unspecified atom stereocenters. The summed E-state index contributed by atoms with van der Waals surface area (Å²) in [6.07, 6.45) is 0. The number of benzene rings is 1. The Bertz CT molecular complexity index is 850. The molecule has 1 aromatic carbocycles. The molecule has 0 saturated carbocycles. The van der Waals surface area contributed by atoms with Gasteiger partial charge in [-0.05, 0) is 45.4 Å². The number of H-pyrrole nitrogens is 1. The van der Waals surface area contributed by atoms with Crippen molar-refractivity contribution in [2.45, 2.75) is 33.7 Å². The third-order valence-corrected chi connectivity index (χ3v) is 3.90. The number of ketones is 1. The zero-order valence-electron chi connectivity index (χ0n) is 16.1. The Hall–Kier alpha value is -3.09. The highest BCUT2D eigenvalue weighted by atomic mass is 16.5. The molecule has 1 amide bonds. The van der Waals surface area contributed by atoms with Crippen LogP contribution < -0.4 is 10.1 Å². The fraction of sp³-hybridized carbons (Fsp3) is 0.350. The van der Waals surface area contributed by atoms with Crippen LogP contribution in [0.3, 0.4) is 0 Å². The summed E-state index contributed by atoms with van der Waals surface area (Å²) in [7, 11) is 1.55. The number of aromatic amines is 1. The molecule has 1 aromatic heterocycles. The number of carbonyl (C=O) groups excluding carboxylic acids is 3. The first-order valence-corrected chi connectivity index (χ1v) is 8.69.